The number of fused-ring (bicyclic) bond motifs is 1. The summed E-state index contributed by atoms with van der Waals surface area (Å²) in [5, 5.41) is 0. The maximum atomic E-state index is 13.5. The van der Waals surface area contributed by atoms with Gasteiger partial charge in [-0.15, -0.1) is 0 Å². The largest absolute Gasteiger partial charge is 0.458 e. The molecule has 1 N–H and O–H groups in total. The normalized spacial score (nSPS) is 13.2. The van der Waals surface area contributed by atoms with E-state index >= 15 is 0 Å². The topological polar surface area (TPSA) is 106 Å². The molecule has 0 saturated carbocycles. The molecule has 3 aromatic rings. The molecule has 0 aliphatic carbocycles. The van der Waals surface area contributed by atoms with Crippen molar-refractivity contribution >= 4 is 21.3 Å². The number of alkyl halides is 5. The minimum atomic E-state index is -5.82. The molecule has 0 aliphatic heterocycles. The highest BCUT2D eigenvalue weighted by Crippen LogP contribution is 2.44. The minimum Gasteiger partial charge on any atom is -0.416 e. The van der Waals surface area contributed by atoms with Crippen molar-refractivity contribution in [2.75, 3.05) is 0 Å². The first-order valence-corrected chi connectivity index (χ1v) is 8.97. The third kappa shape index (κ3) is 3.30. The number of hydrogen-bond acceptors (Lipinski definition) is 6. The van der Waals surface area contributed by atoms with Crippen LogP contribution in [0.2, 0.25) is 0 Å². The number of oxazole rings is 1. The molecule has 0 saturated heterocycles. The van der Waals surface area contributed by atoms with Crippen molar-refractivity contribution in [1.82, 2.24) is 15.0 Å². The molecule has 0 unspecified atom stereocenters. The quantitative estimate of drug-likeness (QED) is 0.503. The summed E-state index contributed by atoms with van der Waals surface area (Å²) in [6.45, 7) is 1.55. The maximum Gasteiger partial charge on any atom is 0.458 e. The Morgan fingerprint density at radius 3 is 2.43 bits per heavy atom. The van der Waals surface area contributed by atoms with Gasteiger partial charge in [-0.05, 0) is 18.6 Å². The second kappa shape index (κ2) is 6.44. The van der Waals surface area contributed by atoms with E-state index in [-0.39, 0.29) is 29.3 Å². The second-order valence-electron chi connectivity index (χ2n) is 5.60. The van der Waals surface area contributed by atoms with Gasteiger partial charge in [0.05, 0.1) is 5.56 Å². The fourth-order valence-corrected chi connectivity index (χ4v) is 3.29. The van der Waals surface area contributed by atoms with Gasteiger partial charge in [0.2, 0.25) is 11.6 Å². The van der Waals surface area contributed by atoms with Crippen molar-refractivity contribution in [3.8, 4) is 11.6 Å². The summed E-state index contributed by atoms with van der Waals surface area (Å²) in [7, 11) is -4.60. The zero-order chi connectivity index (χ0) is 20.9. The van der Waals surface area contributed by atoms with Gasteiger partial charge in [0.1, 0.15) is 16.1 Å². The van der Waals surface area contributed by atoms with E-state index in [4.69, 9.17) is 4.42 Å². The highest BCUT2D eigenvalue weighted by molar-refractivity contribution is 7.85. The fourth-order valence-electron chi connectivity index (χ4n) is 2.50. The van der Waals surface area contributed by atoms with Crippen LogP contribution in [0.5, 0.6) is 0 Å². The van der Waals surface area contributed by atoms with E-state index in [1.54, 1.807) is 6.92 Å². The monoisotopic (exact) mass is 423 g/mol. The Labute approximate surface area is 154 Å². The molecule has 13 heteroatoms. The van der Waals surface area contributed by atoms with E-state index in [9.17, 15) is 34.9 Å². The van der Waals surface area contributed by atoms with Gasteiger partial charge in [-0.3, -0.25) is 9.54 Å². The molecule has 28 heavy (non-hydrogen) atoms. The van der Waals surface area contributed by atoms with Gasteiger partial charge in [-0.1, -0.05) is 6.92 Å². The summed E-state index contributed by atoms with van der Waals surface area (Å²) < 4.78 is 102. The van der Waals surface area contributed by atoms with E-state index in [1.807, 2.05) is 0 Å². The number of pyridine rings is 2. The zero-order valence-corrected chi connectivity index (χ0v) is 14.6. The van der Waals surface area contributed by atoms with E-state index in [1.165, 1.54) is 0 Å². The van der Waals surface area contributed by atoms with Crippen LogP contribution in [-0.2, 0) is 22.5 Å². The first kappa shape index (κ1) is 20.1. The number of hydrogen-bond donors (Lipinski definition) is 1. The lowest BCUT2D eigenvalue weighted by atomic mass is 10.1. The molecule has 3 aromatic heterocycles. The van der Waals surface area contributed by atoms with E-state index in [0.717, 1.165) is 12.3 Å². The van der Waals surface area contributed by atoms with Gasteiger partial charge in [-0.2, -0.15) is 30.4 Å². The van der Waals surface area contributed by atoms with Crippen molar-refractivity contribution in [2.45, 2.75) is 30.3 Å². The van der Waals surface area contributed by atoms with E-state index < -0.39 is 38.2 Å². The average molecular weight is 423 g/mol. The summed E-state index contributed by atoms with van der Waals surface area (Å²) in [5.41, 5.74) is -2.28. The molecule has 3 heterocycles. The lowest BCUT2D eigenvalue weighted by Crippen LogP contribution is -2.33. The molecular weight excluding hydrogens is 413 g/mol. The molecule has 150 valence electrons. The van der Waals surface area contributed by atoms with Crippen LogP contribution >= 0.6 is 0 Å². The highest BCUT2D eigenvalue weighted by Gasteiger charge is 2.59. The van der Waals surface area contributed by atoms with Crippen LogP contribution in [-0.4, -0.2) is 34.1 Å². The van der Waals surface area contributed by atoms with Crippen LogP contribution in [0.25, 0.3) is 22.8 Å². The lowest BCUT2D eigenvalue weighted by Gasteiger charge is -2.18. The Bertz CT molecular complexity index is 1160. The molecule has 0 radical (unpaired) electrons. The molecule has 3 rings (SSSR count). The van der Waals surface area contributed by atoms with Crippen LogP contribution in [0.3, 0.4) is 0 Å². The Kier molecular flexibility index (Phi) is 4.62. The Morgan fingerprint density at radius 1 is 1.18 bits per heavy atom. The van der Waals surface area contributed by atoms with Gasteiger partial charge in [-0.25, -0.2) is 9.97 Å². The second-order valence-corrected chi connectivity index (χ2v) is 6.99. The Hall–Kier alpha value is -2.67. The Morgan fingerprint density at radius 2 is 1.86 bits per heavy atom. The fraction of sp³-hybridized carbons (Fsp3) is 0.267. The minimum absolute atomic E-state index is 0.0254. The molecule has 7 nitrogen and oxygen atoms in total. The van der Waals surface area contributed by atoms with Gasteiger partial charge in [0, 0.05) is 18.0 Å². The molecule has 0 bridgehead atoms. The van der Waals surface area contributed by atoms with Crippen LogP contribution < -0.4 is 0 Å². The molecule has 0 aromatic carbocycles. The van der Waals surface area contributed by atoms with Gasteiger partial charge >= 0.3 is 12.1 Å². The third-order valence-electron chi connectivity index (χ3n) is 3.81. The van der Waals surface area contributed by atoms with Gasteiger partial charge in [0.15, 0.2) is 0 Å². The average Bonchev–Trinajstić information content (AvgIpc) is 3.02. The van der Waals surface area contributed by atoms with E-state index in [0.29, 0.717) is 12.3 Å². The zero-order valence-electron chi connectivity index (χ0n) is 13.8. The number of rotatable bonds is 4. The Balaban J connectivity index is 2.17. The molecule has 0 spiro atoms. The van der Waals surface area contributed by atoms with Crippen molar-refractivity contribution < 1.29 is 39.3 Å². The lowest BCUT2D eigenvalue weighted by molar-refractivity contribution is -0.289. The SMILES string of the molecule is CCc1c(S(=O)(=O)O)ccnc1-c1nc2cc(C(F)(F)C(F)(F)F)cnc2o1. The summed E-state index contributed by atoms with van der Waals surface area (Å²) in [4.78, 5) is 10.7. The first-order chi connectivity index (χ1) is 12.9. The molecule has 0 atom stereocenters. The predicted octanol–water partition coefficient (Wildman–Crippen LogP) is 3.75. The highest BCUT2D eigenvalue weighted by atomic mass is 32.2. The van der Waals surface area contributed by atoms with Crippen LogP contribution in [0.4, 0.5) is 22.0 Å². The van der Waals surface area contributed by atoms with Gasteiger partial charge < -0.3 is 4.42 Å². The summed E-state index contributed by atoms with van der Waals surface area (Å²) in [6.07, 6.45) is -4.39. The van der Waals surface area contributed by atoms with Crippen molar-refractivity contribution in [3.63, 3.8) is 0 Å². The number of aromatic nitrogens is 3. The number of nitrogens with zero attached hydrogens (tertiary/aromatic N) is 3. The number of halogens is 5. The summed E-state index contributed by atoms with van der Waals surface area (Å²) in [5.74, 6) is -5.50. The standard InChI is InChI=1S/C15H10F5N3O4S/c1-2-8-10(28(24,25)26)3-4-21-11(8)13-23-9-5-7(6-22-12(9)27-13)14(16,17)15(18,19)20/h3-6H,2H2,1H3,(H,24,25,26). The molecule has 0 aliphatic rings. The molecule has 0 fully saturated rings. The molecule has 0 amide bonds. The summed E-state index contributed by atoms with van der Waals surface area (Å²) in [6, 6.07) is 1.52. The first-order valence-electron chi connectivity index (χ1n) is 7.53. The van der Waals surface area contributed by atoms with Crippen LogP contribution in [0.15, 0.2) is 33.8 Å². The molecular formula is C15H10F5N3O4S. The predicted molar refractivity (Wildman–Crippen MR) is 84.2 cm³/mol. The third-order valence-corrected chi connectivity index (χ3v) is 4.75. The van der Waals surface area contributed by atoms with Gasteiger partial charge in [0.25, 0.3) is 10.1 Å². The van der Waals surface area contributed by atoms with Crippen molar-refractivity contribution in [2.24, 2.45) is 0 Å². The van der Waals surface area contributed by atoms with Crippen molar-refractivity contribution in [1.29, 1.82) is 0 Å². The van der Waals surface area contributed by atoms with E-state index in [2.05, 4.69) is 15.0 Å². The smallest absolute Gasteiger partial charge is 0.416 e. The van der Waals surface area contributed by atoms with Crippen LogP contribution in [0, 0.1) is 0 Å². The van der Waals surface area contributed by atoms with Crippen molar-refractivity contribution in [3.05, 3.63) is 35.7 Å². The van der Waals surface area contributed by atoms with Crippen LogP contribution in [0.1, 0.15) is 18.1 Å². The maximum absolute atomic E-state index is 13.5. The summed E-state index contributed by atoms with van der Waals surface area (Å²) >= 11 is 0.